The van der Waals surface area contributed by atoms with E-state index in [-0.39, 0.29) is 6.04 Å². The average molecular weight is 956 g/mol. The summed E-state index contributed by atoms with van der Waals surface area (Å²) in [7, 11) is 1.74. The first-order valence-electron chi connectivity index (χ1n) is 23.5. The van der Waals surface area contributed by atoms with Crippen LogP contribution in [0.25, 0.3) is 11.1 Å². The van der Waals surface area contributed by atoms with Crippen molar-refractivity contribution in [3.63, 3.8) is 0 Å². The third kappa shape index (κ3) is 14.1. The molecule has 68 heavy (non-hydrogen) atoms. The van der Waals surface area contributed by atoms with Crippen molar-refractivity contribution in [2.75, 3.05) is 20.1 Å². The largest absolute Gasteiger partial charge is 0.488 e. The zero-order chi connectivity index (χ0) is 48.0. The van der Waals surface area contributed by atoms with Crippen LogP contribution in [0.5, 0.6) is 23.0 Å². The number of halogens is 2. The summed E-state index contributed by atoms with van der Waals surface area (Å²) in [6.07, 6.45) is 13.1. The van der Waals surface area contributed by atoms with Gasteiger partial charge in [0.05, 0.1) is 10.0 Å². The fraction of sp³-hybridized carbons (Fsp3) is 0.357. The summed E-state index contributed by atoms with van der Waals surface area (Å²) in [6, 6.07) is 24.6. The van der Waals surface area contributed by atoms with Gasteiger partial charge in [-0.05, 0) is 109 Å². The molecule has 0 saturated heterocycles. The summed E-state index contributed by atoms with van der Waals surface area (Å²) >= 11 is 13.9. The number of nitrogens with zero attached hydrogens (tertiary/aromatic N) is 4. The van der Waals surface area contributed by atoms with E-state index in [4.69, 9.17) is 42.1 Å². The Morgan fingerprint density at radius 3 is 1.57 bits per heavy atom. The van der Waals surface area contributed by atoms with Crippen molar-refractivity contribution < 1.29 is 18.9 Å². The van der Waals surface area contributed by atoms with E-state index >= 15 is 0 Å². The molecule has 1 atom stereocenters. The first-order valence-corrected chi connectivity index (χ1v) is 24.3. The normalized spacial score (nSPS) is 13.2. The monoisotopic (exact) mass is 954 g/mol. The van der Waals surface area contributed by atoms with Crippen molar-refractivity contribution in [1.82, 2.24) is 20.6 Å². The van der Waals surface area contributed by atoms with Crippen LogP contribution in [0.2, 0.25) is 10.0 Å². The molecule has 10 nitrogen and oxygen atoms in total. The number of pyridine rings is 2. The SMILES string of the molecule is CN=Cc1cncc(COc2cc(OCc3cccc(-c4cccc(COc5cc(OCc6cncc(C7C=N7)c6)c(CNCCC(C)C)cc5Cl)c4C)c3C)c(Cl)cc2CNCCC(C)C)c1. The van der Waals surface area contributed by atoms with Crippen LogP contribution in [-0.2, 0) is 39.5 Å². The Hall–Kier alpha value is -5.78. The van der Waals surface area contributed by atoms with Gasteiger partial charge in [0.2, 0.25) is 0 Å². The second-order valence-electron chi connectivity index (χ2n) is 18.2. The van der Waals surface area contributed by atoms with E-state index in [0.29, 0.717) is 84.4 Å². The second-order valence-corrected chi connectivity index (χ2v) is 19.0. The van der Waals surface area contributed by atoms with E-state index < -0.39 is 0 Å². The quantitative estimate of drug-likeness (QED) is 0.0431. The van der Waals surface area contributed by atoms with Crippen LogP contribution in [0.15, 0.2) is 108 Å². The van der Waals surface area contributed by atoms with Crippen LogP contribution in [0, 0.1) is 25.7 Å². The predicted molar refractivity (Wildman–Crippen MR) is 277 cm³/mol. The highest BCUT2D eigenvalue weighted by molar-refractivity contribution is 6.32. The van der Waals surface area contributed by atoms with Crippen LogP contribution in [-0.4, -0.2) is 42.5 Å². The number of benzene rings is 4. The fourth-order valence-corrected chi connectivity index (χ4v) is 8.29. The smallest absolute Gasteiger partial charge is 0.142 e. The van der Waals surface area contributed by atoms with Gasteiger partial charge in [-0.2, -0.15) is 0 Å². The number of aliphatic imine (C=N–C) groups is 2. The molecule has 3 heterocycles. The molecule has 0 fully saturated rings. The molecule has 1 aliphatic rings. The summed E-state index contributed by atoms with van der Waals surface area (Å²) in [6.45, 7) is 17.5. The maximum atomic E-state index is 6.94. The summed E-state index contributed by atoms with van der Waals surface area (Å²) in [5.74, 6) is 3.73. The van der Waals surface area contributed by atoms with Gasteiger partial charge in [-0.15, -0.1) is 0 Å². The molecule has 7 rings (SSSR count). The minimum Gasteiger partial charge on any atom is -0.488 e. The van der Waals surface area contributed by atoms with Crippen LogP contribution < -0.4 is 29.6 Å². The number of ether oxygens (including phenoxy) is 4. The highest BCUT2D eigenvalue weighted by Gasteiger charge is 2.19. The van der Waals surface area contributed by atoms with Gasteiger partial charge < -0.3 is 29.6 Å². The maximum Gasteiger partial charge on any atom is 0.142 e. The Morgan fingerprint density at radius 2 is 1.09 bits per heavy atom. The number of nitrogens with one attached hydrogen (secondary N) is 2. The van der Waals surface area contributed by atoms with E-state index in [1.807, 2.05) is 48.9 Å². The molecule has 2 N–H and O–H groups in total. The van der Waals surface area contributed by atoms with E-state index in [0.717, 1.165) is 92.7 Å². The molecule has 1 aliphatic heterocycles. The highest BCUT2D eigenvalue weighted by Crippen LogP contribution is 2.38. The topological polar surface area (TPSA) is 111 Å². The van der Waals surface area contributed by atoms with Crippen molar-refractivity contribution in [3.05, 3.63) is 163 Å². The maximum absolute atomic E-state index is 6.94. The van der Waals surface area contributed by atoms with Crippen molar-refractivity contribution in [3.8, 4) is 34.1 Å². The lowest BCUT2D eigenvalue weighted by Crippen LogP contribution is -2.17. The second kappa shape index (κ2) is 24.5. The summed E-state index contributed by atoms with van der Waals surface area (Å²) in [5, 5.41) is 8.17. The fourth-order valence-electron chi connectivity index (χ4n) is 7.81. The lowest BCUT2D eigenvalue weighted by atomic mass is 9.92. The van der Waals surface area contributed by atoms with Gasteiger partial charge in [0.15, 0.2) is 0 Å². The predicted octanol–water partition coefficient (Wildman–Crippen LogP) is 12.8. The molecule has 4 aromatic carbocycles. The molecular formula is C56H64Cl2N6O4. The number of rotatable bonds is 25. The van der Waals surface area contributed by atoms with Crippen LogP contribution in [0.3, 0.4) is 0 Å². The van der Waals surface area contributed by atoms with Gasteiger partial charge in [0, 0.05) is 103 Å². The van der Waals surface area contributed by atoms with Crippen LogP contribution in [0.1, 0.15) is 102 Å². The molecule has 0 amide bonds. The number of hydrogen-bond acceptors (Lipinski definition) is 10. The first-order chi connectivity index (χ1) is 32.9. The van der Waals surface area contributed by atoms with E-state index in [9.17, 15) is 0 Å². The van der Waals surface area contributed by atoms with Gasteiger partial charge in [-0.25, -0.2) is 0 Å². The lowest BCUT2D eigenvalue weighted by Gasteiger charge is -2.19. The van der Waals surface area contributed by atoms with Crippen molar-refractivity contribution >= 4 is 35.6 Å². The van der Waals surface area contributed by atoms with Gasteiger partial charge in [0.25, 0.3) is 0 Å². The Labute approximate surface area is 412 Å². The van der Waals surface area contributed by atoms with Gasteiger partial charge in [-0.3, -0.25) is 20.0 Å². The molecular weight excluding hydrogens is 892 g/mol. The molecule has 1 unspecified atom stereocenters. The summed E-state index contributed by atoms with van der Waals surface area (Å²) in [4.78, 5) is 17.2. The van der Waals surface area contributed by atoms with E-state index in [2.05, 4.69) is 115 Å². The molecule has 2 aromatic heterocycles. The molecule has 0 bridgehead atoms. The number of hydrogen-bond donors (Lipinski definition) is 2. The molecule has 12 heteroatoms. The molecule has 0 aliphatic carbocycles. The molecule has 6 aromatic rings. The molecule has 0 radical (unpaired) electrons. The van der Waals surface area contributed by atoms with Crippen molar-refractivity contribution in [2.24, 2.45) is 21.8 Å². The van der Waals surface area contributed by atoms with Crippen molar-refractivity contribution in [2.45, 2.75) is 99.9 Å². The standard InChI is InChI=1S/C56H64Cl2N6O4/c1-36(2)14-16-60-29-46-20-50(57)55(22-53(46)65-32-41-18-40(24-59-7)25-62-26-41)67-34-43-10-8-12-48(38(43)5)49-13-9-11-44(39(49)6)35-68-56-23-54(47(21-51(56)58)30-61-17-15-37(3)4)66-33-42-19-45(28-63-27-42)52-31-64-52/h8-13,18-28,31,36-37,52,60-61H,14-17,29-30,32-35H2,1-7H3. The number of aromatic nitrogens is 2. The van der Waals surface area contributed by atoms with Gasteiger partial charge >= 0.3 is 0 Å². The third-order valence-corrected chi connectivity index (χ3v) is 12.5. The Morgan fingerprint density at radius 1 is 0.603 bits per heavy atom. The van der Waals surface area contributed by atoms with E-state index in [1.165, 1.54) is 0 Å². The molecule has 356 valence electrons. The highest BCUT2D eigenvalue weighted by atomic mass is 35.5. The van der Waals surface area contributed by atoms with Gasteiger partial charge in [0.1, 0.15) is 55.5 Å². The molecule has 0 saturated carbocycles. The Kier molecular flexibility index (Phi) is 18.0. The Balaban J connectivity index is 1.06. The summed E-state index contributed by atoms with van der Waals surface area (Å²) in [5.41, 5.74) is 12.4. The minimum absolute atomic E-state index is 0.124. The van der Waals surface area contributed by atoms with Gasteiger partial charge in [-0.1, -0.05) is 87.3 Å². The zero-order valence-electron chi connectivity index (χ0n) is 40.4. The molecule has 0 spiro atoms. The van der Waals surface area contributed by atoms with Crippen LogP contribution >= 0.6 is 23.2 Å². The lowest BCUT2D eigenvalue weighted by molar-refractivity contribution is 0.286. The van der Waals surface area contributed by atoms with Crippen LogP contribution in [0.4, 0.5) is 0 Å². The zero-order valence-corrected chi connectivity index (χ0v) is 41.9. The Bertz CT molecular complexity index is 2700. The summed E-state index contributed by atoms with van der Waals surface area (Å²) < 4.78 is 25.9. The average Bonchev–Trinajstić information content (AvgIpc) is 4.18. The van der Waals surface area contributed by atoms with E-state index in [1.54, 1.807) is 25.7 Å². The first kappa shape index (κ1) is 50.1. The third-order valence-electron chi connectivity index (χ3n) is 11.9. The minimum atomic E-state index is 0.124. The van der Waals surface area contributed by atoms with Crippen molar-refractivity contribution in [1.29, 1.82) is 0 Å².